The van der Waals surface area contributed by atoms with E-state index in [1.807, 2.05) is 30.3 Å². The first-order valence-electron chi connectivity index (χ1n) is 10.3. The van der Waals surface area contributed by atoms with E-state index in [9.17, 15) is 19.8 Å². The Labute approximate surface area is 189 Å². The highest BCUT2D eigenvalue weighted by atomic mass is 35.5. The topological polar surface area (TPSA) is 129 Å². The highest BCUT2D eigenvalue weighted by Gasteiger charge is 2.40. The van der Waals surface area contributed by atoms with Gasteiger partial charge in [0.2, 0.25) is 0 Å². The highest BCUT2D eigenvalue weighted by Crippen LogP contribution is 2.21. The number of benzene rings is 2. The maximum absolute atomic E-state index is 13.0. The monoisotopic (exact) mass is 458 g/mol. The van der Waals surface area contributed by atoms with Crippen molar-refractivity contribution in [1.82, 2.24) is 15.2 Å². The summed E-state index contributed by atoms with van der Waals surface area (Å²) >= 11 is 6.02. The Kier molecular flexibility index (Phi) is 6.48. The van der Waals surface area contributed by atoms with Gasteiger partial charge in [0.15, 0.2) is 12.2 Å². The van der Waals surface area contributed by atoms with Gasteiger partial charge < -0.3 is 30.5 Å². The van der Waals surface area contributed by atoms with Gasteiger partial charge in [0, 0.05) is 15.9 Å². The van der Waals surface area contributed by atoms with Crippen LogP contribution in [0, 0.1) is 0 Å². The summed E-state index contributed by atoms with van der Waals surface area (Å²) in [5, 5.41) is 32.5. The van der Waals surface area contributed by atoms with E-state index >= 15 is 0 Å². The lowest BCUT2D eigenvalue weighted by Gasteiger charge is -2.26. The Morgan fingerprint density at radius 2 is 1.94 bits per heavy atom. The second-order valence-corrected chi connectivity index (χ2v) is 8.48. The maximum atomic E-state index is 13.0. The maximum Gasteiger partial charge on any atom is 0.268 e. The molecule has 1 fully saturated rings. The summed E-state index contributed by atoms with van der Waals surface area (Å²) in [7, 11) is 0. The molecule has 0 saturated carbocycles. The predicted molar refractivity (Wildman–Crippen MR) is 121 cm³/mol. The van der Waals surface area contributed by atoms with E-state index < -0.39 is 36.2 Å². The summed E-state index contributed by atoms with van der Waals surface area (Å²) < 4.78 is 0. The number of β-amino-alcohol motifs (C(OH)–C–C–N with tert-alkyl or cyclic N) is 1. The molecule has 2 heterocycles. The number of carbonyl (C=O) groups excluding carboxylic acids is 2. The lowest BCUT2D eigenvalue weighted by Crippen LogP contribution is -2.52. The number of fused-ring (bicyclic) bond motifs is 1. The van der Waals surface area contributed by atoms with Crippen molar-refractivity contribution in [2.45, 2.75) is 30.8 Å². The summed E-state index contributed by atoms with van der Waals surface area (Å²) in [6.45, 7) is 0.0185. The van der Waals surface area contributed by atoms with Crippen LogP contribution in [0.5, 0.6) is 0 Å². The van der Waals surface area contributed by atoms with E-state index in [-0.39, 0.29) is 25.2 Å². The first kappa shape index (κ1) is 22.3. The van der Waals surface area contributed by atoms with Gasteiger partial charge in [0.1, 0.15) is 11.8 Å². The van der Waals surface area contributed by atoms with E-state index in [0.717, 1.165) is 16.5 Å². The number of aromatic amines is 1. The minimum atomic E-state index is -1.53. The molecule has 1 aliphatic heterocycles. The number of hydrogen-bond donors (Lipinski definition) is 4. The van der Waals surface area contributed by atoms with E-state index in [2.05, 4.69) is 10.3 Å². The molecule has 2 unspecified atom stereocenters. The number of aliphatic hydroxyl groups is 2. The molecule has 2 aromatic carbocycles. The molecule has 1 aromatic heterocycles. The number of aliphatic hydroxyl groups excluding tert-OH is 2. The fourth-order valence-electron chi connectivity index (χ4n) is 3.91. The zero-order chi connectivity index (χ0) is 22.8. The number of likely N-dealkylation sites (tertiary alicyclic amines) is 1. The molecule has 4 atom stereocenters. The van der Waals surface area contributed by atoms with Crippen LogP contribution in [0.15, 0.2) is 54.6 Å². The van der Waals surface area contributed by atoms with Crippen LogP contribution in [0.4, 0.5) is 0 Å². The summed E-state index contributed by atoms with van der Waals surface area (Å²) in [6.07, 6.45) is -3.07. The van der Waals surface area contributed by atoms with Gasteiger partial charge in [-0.25, -0.2) is 0 Å². The molecule has 9 heteroatoms. The molecule has 4 rings (SSSR count). The van der Waals surface area contributed by atoms with Crippen LogP contribution >= 0.6 is 11.6 Å². The number of carbonyl (C=O) groups is 2. The number of amides is 2. The molecule has 8 nitrogen and oxygen atoms in total. The fourth-order valence-corrected chi connectivity index (χ4v) is 4.09. The first-order chi connectivity index (χ1) is 15.3. The summed E-state index contributed by atoms with van der Waals surface area (Å²) in [5.74, 6) is -1.09. The molecule has 1 saturated heterocycles. The van der Waals surface area contributed by atoms with Crippen molar-refractivity contribution < 1.29 is 24.9 Å². The van der Waals surface area contributed by atoms with Gasteiger partial charge in [0.05, 0.1) is 19.1 Å². The van der Waals surface area contributed by atoms with Crippen molar-refractivity contribution in [3.8, 4) is 0 Å². The van der Waals surface area contributed by atoms with Crippen molar-refractivity contribution in [3.05, 3.63) is 70.9 Å². The third-order valence-electron chi connectivity index (χ3n) is 5.68. The van der Waals surface area contributed by atoms with Crippen molar-refractivity contribution in [2.24, 2.45) is 0 Å². The third kappa shape index (κ3) is 4.78. The number of halogens is 1. The molecule has 0 spiro atoms. The average molecular weight is 459 g/mol. The van der Waals surface area contributed by atoms with Crippen molar-refractivity contribution in [2.75, 3.05) is 13.1 Å². The normalized spacial score (nSPS) is 20.3. The molecule has 3 aromatic rings. The van der Waals surface area contributed by atoms with Gasteiger partial charge in [0.25, 0.3) is 11.8 Å². The number of rotatable bonds is 6. The molecule has 0 bridgehead atoms. The van der Waals surface area contributed by atoms with Gasteiger partial charge in [-0.1, -0.05) is 41.9 Å². The van der Waals surface area contributed by atoms with Crippen LogP contribution < -0.4 is 5.32 Å². The average Bonchev–Trinajstić information content (AvgIpc) is 3.35. The number of aromatic nitrogens is 1. The molecule has 168 valence electrons. The lowest BCUT2D eigenvalue weighted by molar-refractivity contribution is -0.141. The summed E-state index contributed by atoms with van der Waals surface area (Å²) in [6, 6.07) is 15.2. The Bertz CT molecular complexity index is 1110. The van der Waals surface area contributed by atoms with Gasteiger partial charge in [-0.05, 0) is 36.2 Å². The van der Waals surface area contributed by atoms with E-state index in [0.29, 0.717) is 5.02 Å². The Hall–Kier alpha value is -2.91. The fraction of sp³-hybridized carbons (Fsp3) is 0.304. The number of hydrogen-bond acceptors (Lipinski definition) is 4. The van der Waals surface area contributed by atoms with Crippen molar-refractivity contribution >= 4 is 34.3 Å². The SMILES string of the molecule is O=C(N[C@@H](Cc1ccccc1)[C@@H](O)C(=O)N1CC(O)C([OH2+])C1)c1cc2cc(Cl)ccc2[nH]1. The molecule has 6 N–H and O–H groups in total. The Balaban J connectivity index is 1.55. The Morgan fingerprint density at radius 3 is 2.62 bits per heavy atom. The minimum Gasteiger partial charge on any atom is -0.440 e. The van der Waals surface area contributed by atoms with Crippen molar-refractivity contribution in [3.63, 3.8) is 0 Å². The van der Waals surface area contributed by atoms with Crippen LogP contribution in [0.25, 0.3) is 10.9 Å². The first-order valence-corrected chi connectivity index (χ1v) is 10.7. The van der Waals surface area contributed by atoms with Crippen LogP contribution in [0.2, 0.25) is 5.02 Å². The largest absolute Gasteiger partial charge is 0.440 e. The summed E-state index contributed by atoms with van der Waals surface area (Å²) in [4.78, 5) is 30.1. The molecule has 0 radical (unpaired) electrons. The van der Waals surface area contributed by atoms with Crippen LogP contribution in [0.1, 0.15) is 16.1 Å². The third-order valence-corrected chi connectivity index (χ3v) is 5.91. The number of H-pyrrole nitrogens is 1. The Morgan fingerprint density at radius 1 is 1.19 bits per heavy atom. The second kappa shape index (κ2) is 9.30. The minimum absolute atomic E-state index is 0.0150. The van der Waals surface area contributed by atoms with Gasteiger partial charge in [-0.3, -0.25) is 9.59 Å². The summed E-state index contributed by atoms with van der Waals surface area (Å²) in [5.41, 5.74) is 1.86. The van der Waals surface area contributed by atoms with E-state index in [4.69, 9.17) is 16.7 Å². The standard InChI is InChI=1S/C23H24ClN3O5/c24-15-6-7-16-14(9-15)10-18(25-16)22(31)26-17(8-13-4-2-1-3-5-13)21(30)23(32)27-11-19(28)20(29)12-27/h1-7,9-10,17,19-21,25,28-30H,8,11-12H2,(H,26,31)/p+1/t17-,19?,20?,21+/m0/s1. The molecular weight excluding hydrogens is 434 g/mol. The lowest BCUT2D eigenvalue weighted by atomic mass is 10.00. The number of nitrogens with zero attached hydrogens (tertiary/aromatic N) is 1. The van der Waals surface area contributed by atoms with Gasteiger partial charge >= 0.3 is 0 Å². The van der Waals surface area contributed by atoms with E-state index in [1.165, 1.54) is 4.90 Å². The predicted octanol–water partition coefficient (Wildman–Crippen LogP) is 0.820. The molecule has 32 heavy (non-hydrogen) atoms. The van der Waals surface area contributed by atoms with Crippen LogP contribution in [0.3, 0.4) is 0 Å². The zero-order valence-corrected chi connectivity index (χ0v) is 17.9. The zero-order valence-electron chi connectivity index (χ0n) is 17.2. The van der Waals surface area contributed by atoms with Gasteiger partial charge in [-0.2, -0.15) is 0 Å². The van der Waals surface area contributed by atoms with Crippen LogP contribution in [-0.4, -0.2) is 74.5 Å². The van der Waals surface area contributed by atoms with Crippen molar-refractivity contribution in [1.29, 1.82) is 0 Å². The smallest absolute Gasteiger partial charge is 0.268 e. The van der Waals surface area contributed by atoms with Gasteiger partial charge in [-0.15, -0.1) is 0 Å². The molecular formula is C23H25ClN3O5+. The van der Waals surface area contributed by atoms with Crippen LogP contribution in [-0.2, 0) is 11.2 Å². The molecule has 1 aliphatic rings. The second-order valence-electron chi connectivity index (χ2n) is 8.05. The number of nitrogens with one attached hydrogen (secondary N) is 2. The highest BCUT2D eigenvalue weighted by molar-refractivity contribution is 6.31. The quantitative estimate of drug-likeness (QED) is 0.407. The molecule has 2 amide bonds. The van der Waals surface area contributed by atoms with E-state index in [1.54, 1.807) is 24.3 Å². The molecule has 0 aliphatic carbocycles.